The molecule has 7 nitrogen and oxygen atoms in total. The van der Waals surface area contributed by atoms with Crippen LogP contribution in [0, 0.1) is 11.8 Å². The van der Waals surface area contributed by atoms with Crippen LogP contribution in [0.3, 0.4) is 0 Å². The monoisotopic (exact) mass is 523 g/mol. The van der Waals surface area contributed by atoms with Crippen LogP contribution in [-0.2, 0) is 16.6 Å². The summed E-state index contributed by atoms with van der Waals surface area (Å²) in [6.07, 6.45) is 5.39. The van der Waals surface area contributed by atoms with Crippen LogP contribution in [0.2, 0.25) is 10.0 Å². The number of sulfonamides is 1. The van der Waals surface area contributed by atoms with Gasteiger partial charge in [-0.1, -0.05) is 66.7 Å². The standard InChI is InChI=1S/C24H27Cl2N3O4S/c25-19-11-20(26)22-21(12-19)27-24(31)29(34(22,32)33)13-15-4-3-7-17(10-15)23(30)28-9-8-16-5-1-2-6-18(16)14-28/h3-4,7,10-12,16,18,23,30H,1-2,5-6,8-9,13-14H2,(H,27,31). The number of fused-ring (bicyclic) bond motifs is 2. The molecule has 2 fully saturated rings. The van der Waals surface area contributed by atoms with Crippen LogP contribution in [0.1, 0.15) is 49.5 Å². The van der Waals surface area contributed by atoms with Crippen molar-refractivity contribution in [3.63, 3.8) is 0 Å². The number of nitrogens with zero attached hydrogens (tertiary/aromatic N) is 2. The Morgan fingerprint density at radius 2 is 1.85 bits per heavy atom. The van der Waals surface area contributed by atoms with Crippen molar-refractivity contribution < 1.29 is 18.3 Å². The summed E-state index contributed by atoms with van der Waals surface area (Å²) in [6.45, 7) is 1.53. The summed E-state index contributed by atoms with van der Waals surface area (Å²) in [5.41, 5.74) is 1.34. The summed E-state index contributed by atoms with van der Waals surface area (Å²) >= 11 is 12.1. The Hall–Kier alpha value is -1.84. The molecule has 1 aliphatic carbocycles. The fraction of sp³-hybridized carbons (Fsp3) is 0.458. The van der Waals surface area contributed by atoms with Crippen molar-refractivity contribution in [2.45, 2.75) is 49.8 Å². The lowest BCUT2D eigenvalue weighted by atomic mass is 9.75. The average Bonchev–Trinajstić information content (AvgIpc) is 2.80. The summed E-state index contributed by atoms with van der Waals surface area (Å²) in [6, 6.07) is 9.03. The maximum atomic E-state index is 13.2. The van der Waals surface area contributed by atoms with Gasteiger partial charge in [-0.15, -0.1) is 0 Å². The number of halogens is 2. The molecule has 3 aliphatic rings. The van der Waals surface area contributed by atoms with Crippen LogP contribution in [0.25, 0.3) is 0 Å². The Morgan fingerprint density at radius 1 is 1.09 bits per heavy atom. The fourth-order valence-electron chi connectivity index (χ4n) is 5.55. The molecule has 1 saturated carbocycles. The van der Waals surface area contributed by atoms with E-state index in [1.807, 2.05) is 6.07 Å². The molecule has 0 aromatic heterocycles. The number of likely N-dealkylation sites (tertiary alicyclic amines) is 1. The van der Waals surface area contributed by atoms with Gasteiger partial charge in [-0.25, -0.2) is 17.5 Å². The fourth-order valence-corrected chi connectivity index (χ4v) is 7.83. The number of anilines is 1. The molecule has 182 valence electrons. The lowest BCUT2D eigenvalue weighted by Gasteiger charge is -2.43. The van der Waals surface area contributed by atoms with Crippen molar-refractivity contribution in [2.24, 2.45) is 11.8 Å². The number of benzene rings is 2. The van der Waals surface area contributed by atoms with E-state index in [4.69, 9.17) is 23.2 Å². The highest BCUT2D eigenvalue weighted by Crippen LogP contribution is 2.40. The number of nitrogens with one attached hydrogen (secondary N) is 1. The maximum Gasteiger partial charge on any atom is 0.336 e. The van der Waals surface area contributed by atoms with E-state index >= 15 is 0 Å². The predicted octanol–water partition coefficient (Wildman–Crippen LogP) is 5.23. The van der Waals surface area contributed by atoms with Crippen molar-refractivity contribution in [3.05, 3.63) is 57.6 Å². The first-order valence-electron chi connectivity index (χ1n) is 11.6. The van der Waals surface area contributed by atoms with Crippen molar-refractivity contribution in [2.75, 3.05) is 18.4 Å². The number of urea groups is 1. The molecule has 5 rings (SSSR count). The van der Waals surface area contributed by atoms with Crippen molar-refractivity contribution in [3.8, 4) is 0 Å². The lowest BCUT2D eigenvalue weighted by Crippen LogP contribution is -2.44. The molecule has 2 aromatic carbocycles. The zero-order valence-corrected chi connectivity index (χ0v) is 20.9. The SMILES string of the molecule is O=C1Nc2cc(Cl)cc(Cl)c2S(=O)(=O)N1Cc1cccc(C(O)N2CCC3CCCCC3C2)c1. The van der Waals surface area contributed by atoms with Crippen LogP contribution in [0.4, 0.5) is 10.5 Å². The van der Waals surface area contributed by atoms with Gasteiger partial charge >= 0.3 is 6.03 Å². The van der Waals surface area contributed by atoms with Gasteiger partial charge in [-0.3, -0.25) is 4.90 Å². The second kappa shape index (κ2) is 9.32. The van der Waals surface area contributed by atoms with Crippen LogP contribution >= 0.6 is 23.2 Å². The highest BCUT2D eigenvalue weighted by molar-refractivity contribution is 7.90. The smallest absolute Gasteiger partial charge is 0.336 e. The molecule has 2 aliphatic heterocycles. The van der Waals surface area contributed by atoms with Crippen LogP contribution in [-0.4, -0.2) is 41.9 Å². The van der Waals surface area contributed by atoms with Gasteiger partial charge in [0.1, 0.15) is 11.1 Å². The Balaban J connectivity index is 1.36. The lowest BCUT2D eigenvalue weighted by molar-refractivity contribution is -0.0454. The Bertz CT molecular complexity index is 1220. The number of hydrogen-bond acceptors (Lipinski definition) is 5. The van der Waals surface area contributed by atoms with Crippen molar-refractivity contribution in [1.29, 1.82) is 0 Å². The first kappa shape index (κ1) is 23.9. The Kier molecular flexibility index (Phi) is 6.54. The second-order valence-electron chi connectivity index (χ2n) is 9.41. The average molecular weight is 524 g/mol. The van der Waals surface area contributed by atoms with Gasteiger partial charge in [0.15, 0.2) is 0 Å². The predicted molar refractivity (Wildman–Crippen MR) is 131 cm³/mol. The molecule has 10 heteroatoms. The van der Waals surface area contributed by atoms with Gasteiger partial charge in [-0.05, 0) is 47.9 Å². The van der Waals surface area contributed by atoms with E-state index in [-0.39, 0.29) is 27.2 Å². The number of piperidine rings is 1. The summed E-state index contributed by atoms with van der Waals surface area (Å²) < 4.78 is 27.2. The highest BCUT2D eigenvalue weighted by Gasteiger charge is 2.39. The second-order valence-corrected chi connectivity index (χ2v) is 12.1. The number of amides is 2. The third-order valence-corrected chi connectivity index (χ3v) is 9.73. The normalized spacial score (nSPS) is 25.3. The number of carbonyl (C=O) groups excluding carboxylic acids is 1. The van der Waals surface area contributed by atoms with Crippen LogP contribution < -0.4 is 5.32 Å². The largest absolute Gasteiger partial charge is 0.374 e. The van der Waals surface area contributed by atoms with Crippen molar-refractivity contribution >= 4 is 44.9 Å². The van der Waals surface area contributed by atoms with Gasteiger partial charge < -0.3 is 10.4 Å². The van der Waals surface area contributed by atoms with Gasteiger partial charge in [0.2, 0.25) is 0 Å². The van der Waals surface area contributed by atoms with Crippen molar-refractivity contribution in [1.82, 2.24) is 9.21 Å². The van der Waals surface area contributed by atoms with E-state index in [0.717, 1.165) is 29.7 Å². The minimum Gasteiger partial charge on any atom is -0.374 e. The first-order valence-corrected chi connectivity index (χ1v) is 13.8. The van der Waals surface area contributed by atoms with E-state index in [9.17, 15) is 18.3 Å². The van der Waals surface area contributed by atoms with Gasteiger partial charge in [0, 0.05) is 18.1 Å². The quantitative estimate of drug-likeness (QED) is 0.572. The zero-order valence-electron chi connectivity index (χ0n) is 18.6. The van der Waals surface area contributed by atoms with E-state index < -0.39 is 22.3 Å². The molecule has 2 heterocycles. The minimum atomic E-state index is -4.19. The topological polar surface area (TPSA) is 90.0 Å². The van der Waals surface area contributed by atoms with E-state index in [2.05, 4.69) is 10.2 Å². The summed E-state index contributed by atoms with van der Waals surface area (Å²) in [5, 5.41) is 13.8. The molecule has 1 saturated heterocycles. The summed E-state index contributed by atoms with van der Waals surface area (Å²) in [7, 11) is -4.19. The van der Waals surface area contributed by atoms with E-state index in [1.54, 1.807) is 18.2 Å². The third-order valence-electron chi connectivity index (χ3n) is 7.27. The van der Waals surface area contributed by atoms with Crippen LogP contribution in [0.15, 0.2) is 41.3 Å². The summed E-state index contributed by atoms with van der Waals surface area (Å²) in [5.74, 6) is 1.39. The van der Waals surface area contributed by atoms with Crippen LogP contribution in [0.5, 0.6) is 0 Å². The molecule has 0 bridgehead atoms. The Labute approximate surface area is 209 Å². The number of aliphatic hydroxyl groups is 1. The molecule has 2 aromatic rings. The van der Waals surface area contributed by atoms with Gasteiger partial charge in [0.05, 0.1) is 17.3 Å². The maximum absolute atomic E-state index is 13.2. The molecular formula is C24H27Cl2N3O4S. The van der Waals surface area contributed by atoms with Gasteiger partial charge in [-0.2, -0.15) is 0 Å². The molecule has 2 N–H and O–H groups in total. The number of carbonyl (C=O) groups is 1. The molecule has 0 radical (unpaired) electrons. The third kappa shape index (κ3) is 4.42. The number of rotatable bonds is 4. The van der Waals surface area contributed by atoms with E-state index in [1.165, 1.54) is 37.8 Å². The molecular weight excluding hydrogens is 497 g/mol. The Morgan fingerprint density at radius 3 is 2.65 bits per heavy atom. The molecule has 3 atom stereocenters. The first-order chi connectivity index (χ1) is 16.2. The van der Waals surface area contributed by atoms with Gasteiger partial charge in [0.25, 0.3) is 10.0 Å². The van der Waals surface area contributed by atoms with E-state index in [0.29, 0.717) is 17.0 Å². The number of hydrogen-bond donors (Lipinski definition) is 2. The highest BCUT2D eigenvalue weighted by atomic mass is 35.5. The summed E-state index contributed by atoms with van der Waals surface area (Å²) in [4.78, 5) is 14.6. The number of aliphatic hydroxyl groups excluding tert-OH is 1. The minimum absolute atomic E-state index is 0.0530. The molecule has 3 unspecified atom stereocenters. The molecule has 0 spiro atoms. The molecule has 34 heavy (non-hydrogen) atoms. The molecule has 2 amide bonds. The zero-order chi connectivity index (χ0) is 24.0.